The van der Waals surface area contributed by atoms with Gasteiger partial charge in [0.1, 0.15) is 0 Å². The van der Waals surface area contributed by atoms with Crippen LogP contribution in [0.4, 0.5) is 4.79 Å². The van der Waals surface area contributed by atoms with Gasteiger partial charge in [0.2, 0.25) is 0 Å². The molecule has 1 fully saturated rings. The lowest BCUT2D eigenvalue weighted by Gasteiger charge is -2.41. The summed E-state index contributed by atoms with van der Waals surface area (Å²) < 4.78 is 7.20. The lowest BCUT2D eigenvalue weighted by molar-refractivity contribution is 0.0682. The summed E-state index contributed by atoms with van der Waals surface area (Å²) in [4.78, 5) is 28.9. The van der Waals surface area contributed by atoms with E-state index < -0.39 is 6.09 Å². The number of nitrogens with zero attached hydrogens (tertiary/aromatic N) is 3. The van der Waals surface area contributed by atoms with Crippen LogP contribution in [0.25, 0.3) is 11.1 Å². The van der Waals surface area contributed by atoms with E-state index in [-0.39, 0.29) is 23.9 Å². The highest BCUT2D eigenvalue weighted by atomic mass is 16.4. The van der Waals surface area contributed by atoms with Crippen LogP contribution in [0.1, 0.15) is 43.4 Å². The first-order valence-electron chi connectivity index (χ1n) is 12.9. The number of piperidine rings is 1. The van der Waals surface area contributed by atoms with Crippen molar-refractivity contribution >= 4 is 17.2 Å². The Morgan fingerprint density at radius 1 is 0.973 bits per heavy atom. The molecule has 2 heterocycles. The number of carbonyl (C=O) groups is 1. The molecule has 7 nitrogen and oxygen atoms in total. The minimum absolute atomic E-state index is 0.111. The first-order valence-corrected chi connectivity index (χ1v) is 12.9. The number of benzene rings is 3. The first-order chi connectivity index (χ1) is 18.0. The fourth-order valence-corrected chi connectivity index (χ4v) is 5.62. The largest absolute Gasteiger partial charge is 0.465 e. The lowest BCUT2D eigenvalue weighted by atomic mass is 9.92. The standard InChI is InChI=1S/C30H33N3O4/c1-22(31(20-23-10-4-2-5-11-23)21-24-12-6-3-7-13-24)18-26-19-25(16-17-32(26)29(34)35)33-27-14-8-9-15-28(27)37-30(33)36/h2-15,22,25-26H,16-21H2,1H3,(H,34,35). The Hall–Kier alpha value is -3.84. The zero-order chi connectivity index (χ0) is 25.8. The second-order valence-corrected chi connectivity index (χ2v) is 9.97. The van der Waals surface area contributed by atoms with E-state index in [1.54, 1.807) is 15.5 Å². The van der Waals surface area contributed by atoms with E-state index in [1.165, 1.54) is 11.1 Å². The zero-order valence-electron chi connectivity index (χ0n) is 21.1. The molecule has 0 bridgehead atoms. The number of hydrogen-bond donors (Lipinski definition) is 1. The van der Waals surface area contributed by atoms with Crippen molar-refractivity contribution in [2.24, 2.45) is 0 Å². The van der Waals surface area contributed by atoms with Crippen LogP contribution < -0.4 is 5.76 Å². The summed E-state index contributed by atoms with van der Waals surface area (Å²) in [5.74, 6) is -0.378. The third kappa shape index (κ3) is 5.62. The molecular formula is C30H33N3O4. The number of carboxylic acid groups (broad SMARTS) is 1. The molecule has 1 aliphatic rings. The Bertz CT molecular complexity index is 1340. The van der Waals surface area contributed by atoms with Crippen molar-refractivity contribution in [2.45, 2.75) is 57.4 Å². The van der Waals surface area contributed by atoms with Gasteiger partial charge in [0.15, 0.2) is 5.58 Å². The summed E-state index contributed by atoms with van der Waals surface area (Å²) in [6.45, 7) is 4.10. The maximum atomic E-state index is 12.8. The van der Waals surface area contributed by atoms with Crippen molar-refractivity contribution in [3.8, 4) is 0 Å². The third-order valence-electron chi connectivity index (χ3n) is 7.51. The van der Waals surface area contributed by atoms with Gasteiger partial charge in [0.25, 0.3) is 0 Å². The Morgan fingerprint density at radius 2 is 1.57 bits per heavy atom. The van der Waals surface area contributed by atoms with Crippen molar-refractivity contribution in [1.82, 2.24) is 14.4 Å². The molecule has 0 spiro atoms. The normalized spacial score (nSPS) is 18.8. The lowest BCUT2D eigenvalue weighted by Crippen LogP contribution is -2.49. The Balaban J connectivity index is 1.39. The van der Waals surface area contributed by atoms with Gasteiger partial charge in [0.05, 0.1) is 5.52 Å². The van der Waals surface area contributed by atoms with Crippen LogP contribution in [0.2, 0.25) is 0 Å². The molecule has 0 saturated carbocycles. The molecule has 1 saturated heterocycles. The number of rotatable bonds is 8. The van der Waals surface area contributed by atoms with Crippen molar-refractivity contribution in [3.05, 3.63) is 107 Å². The molecule has 1 N–H and O–H groups in total. The van der Waals surface area contributed by atoms with Crippen molar-refractivity contribution in [3.63, 3.8) is 0 Å². The summed E-state index contributed by atoms with van der Waals surface area (Å²) in [5, 5.41) is 10.00. The number of aromatic nitrogens is 1. The molecule has 7 heteroatoms. The molecule has 5 rings (SSSR count). The fraction of sp³-hybridized carbons (Fsp3) is 0.333. The molecule has 0 aliphatic carbocycles. The minimum atomic E-state index is -0.905. The van der Waals surface area contributed by atoms with Crippen LogP contribution in [-0.4, -0.2) is 44.2 Å². The summed E-state index contributed by atoms with van der Waals surface area (Å²) in [6, 6.07) is 28.0. The van der Waals surface area contributed by atoms with Gasteiger partial charge in [-0.15, -0.1) is 0 Å². The molecule has 0 radical (unpaired) electrons. The highest BCUT2D eigenvalue weighted by Gasteiger charge is 2.35. The molecule has 3 aromatic carbocycles. The third-order valence-corrected chi connectivity index (χ3v) is 7.51. The summed E-state index contributed by atoms with van der Waals surface area (Å²) >= 11 is 0. The van der Waals surface area contributed by atoms with Crippen LogP contribution in [0.5, 0.6) is 0 Å². The first kappa shape index (κ1) is 24.8. The topological polar surface area (TPSA) is 78.9 Å². The average Bonchev–Trinajstić information content (AvgIpc) is 3.25. The Kier molecular flexibility index (Phi) is 7.42. The monoisotopic (exact) mass is 499 g/mol. The van der Waals surface area contributed by atoms with E-state index in [9.17, 15) is 14.7 Å². The quantitative estimate of drug-likeness (QED) is 0.334. The van der Waals surface area contributed by atoms with E-state index in [1.807, 2.05) is 54.6 Å². The molecule has 1 aromatic heterocycles. The predicted molar refractivity (Wildman–Crippen MR) is 143 cm³/mol. The van der Waals surface area contributed by atoms with Crippen molar-refractivity contribution in [1.29, 1.82) is 0 Å². The van der Waals surface area contributed by atoms with Gasteiger partial charge in [-0.3, -0.25) is 9.47 Å². The van der Waals surface area contributed by atoms with Gasteiger partial charge in [-0.05, 0) is 49.4 Å². The maximum Gasteiger partial charge on any atom is 0.420 e. The van der Waals surface area contributed by atoms with Crippen molar-refractivity contribution < 1.29 is 14.3 Å². The van der Waals surface area contributed by atoms with E-state index in [2.05, 4.69) is 36.1 Å². The highest BCUT2D eigenvalue weighted by molar-refractivity contribution is 5.72. The van der Waals surface area contributed by atoms with E-state index in [0.717, 1.165) is 18.6 Å². The fourth-order valence-electron chi connectivity index (χ4n) is 5.62. The van der Waals surface area contributed by atoms with Gasteiger partial charge in [-0.25, -0.2) is 9.59 Å². The van der Waals surface area contributed by atoms with Gasteiger partial charge in [0, 0.05) is 37.8 Å². The minimum Gasteiger partial charge on any atom is -0.465 e. The number of hydrogen-bond acceptors (Lipinski definition) is 4. The second kappa shape index (κ2) is 11.0. The Labute approximate surface area is 216 Å². The smallest absolute Gasteiger partial charge is 0.420 e. The Morgan fingerprint density at radius 3 is 2.19 bits per heavy atom. The van der Waals surface area contributed by atoms with Crippen molar-refractivity contribution in [2.75, 3.05) is 6.54 Å². The predicted octanol–water partition coefficient (Wildman–Crippen LogP) is 5.76. The number of para-hydroxylation sites is 2. The van der Waals surface area contributed by atoms with Gasteiger partial charge in [-0.1, -0.05) is 72.8 Å². The molecule has 3 unspecified atom stereocenters. The molecular weight excluding hydrogens is 466 g/mol. The second-order valence-electron chi connectivity index (χ2n) is 9.97. The molecule has 4 aromatic rings. The van der Waals surface area contributed by atoms with E-state index >= 15 is 0 Å². The molecule has 1 aliphatic heterocycles. The van der Waals surface area contributed by atoms with Gasteiger partial charge < -0.3 is 14.4 Å². The van der Waals surface area contributed by atoms with E-state index in [4.69, 9.17) is 4.42 Å². The van der Waals surface area contributed by atoms with Gasteiger partial charge in [-0.2, -0.15) is 0 Å². The SMILES string of the molecule is CC(CC1CC(n2c(=O)oc3ccccc32)CCN1C(=O)O)N(Cc1ccccc1)Cc1ccccc1. The van der Waals surface area contributed by atoms with Crippen LogP contribution in [0.3, 0.4) is 0 Å². The summed E-state index contributed by atoms with van der Waals surface area (Å²) in [7, 11) is 0. The van der Waals surface area contributed by atoms with Crippen LogP contribution in [0.15, 0.2) is 94.1 Å². The summed E-state index contributed by atoms with van der Waals surface area (Å²) in [5.41, 5.74) is 3.77. The number of likely N-dealkylation sites (tertiary alicyclic amines) is 1. The molecule has 3 atom stereocenters. The van der Waals surface area contributed by atoms with Gasteiger partial charge >= 0.3 is 11.8 Å². The molecule has 37 heavy (non-hydrogen) atoms. The number of oxazole rings is 1. The number of fused-ring (bicyclic) bond motifs is 1. The van der Waals surface area contributed by atoms with Crippen LogP contribution >= 0.6 is 0 Å². The number of amides is 1. The van der Waals surface area contributed by atoms with Crippen LogP contribution in [-0.2, 0) is 13.1 Å². The van der Waals surface area contributed by atoms with Crippen LogP contribution in [0, 0.1) is 0 Å². The highest BCUT2D eigenvalue weighted by Crippen LogP contribution is 2.32. The van der Waals surface area contributed by atoms with E-state index in [0.29, 0.717) is 31.4 Å². The zero-order valence-corrected chi connectivity index (χ0v) is 21.1. The average molecular weight is 500 g/mol. The summed E-state index contributed by atoms with van der Waals surface area (Å²) in [6.07, 6.45) is 0.924. The molecule has 192 valence electrons. The molecule has 1 amide bonds. The maximum absolute atomic E-state index is 12.8.